The molecule has 3 N–H and O–H groups in total. The van der Waals surface area contributed by atoms with Gasteiger partial charge in [-0.05, 0) is 24.3 Å². The van der Waals surface area contributed by atoms with E-state index in [2.05, 4.69) is 0 Å². The molecule has 0 amide bonds. The summed E-state index contributed by atoms with van der Waals surface area (Å²) in [6, 6.07) is 8.41. The van der Waals surface area contributed by atoms with E-state index in [0.717, 1.165) is 12.1 Å². The molecule has 0 heterocycles. The Bertz CT molecular complexity index is 646. The number of carbonyl (C=O) groups is 1. The minimum atomic E-state index is -1.39. The summed E-state index contributed by atoms with van der Waals surface area (Å²) in [4.78, 5) is 10.7. The molecular weight excluding hydrogens is 273 g/mol. The van der Waals surface area contributed by atoms with E-state index in [1.54, 1.807) is 18.2 Å². The fourth-order valence-electron chi connectivity index (χ4n) is 1.48. The van der Waals surface area contributed by atoms with Gasteiger partial charge in [0, 0.05) is 11.1 Å². The molecule has 2 rings (SSSR count). The lowest BCUT2D eigenvalue weighted by molar-refractivity contribution is 0.0692. The Labute approximate surface area is 113 Å². The van der Waals surface area contributed by atoms with Gasteiger partial charge in [-0.1, -0.05) is 17.7 Å². The Morgan fingerprint density at radius 2 is 2.05 bits per heavy atom. The second kappa shape index (κ2) is 5.16. The lowest BCUT2D eigenvalue weighted by Gasteiger charge is -2.10. The molecule has 0 radical (unpaired) electrons. The number of anilines is 1. The number of carboxylic acids is 1. The Morgan fingerprint density at radius 1 is 1.32 bits per heavy atom. The van der Waals surface area contributed by atoms with Gasteiger partial charge in [0.15, 0.2) is 5.75 Å². The van der Waals surface area contributed by atoms with E-state index in [4.69, 9.17) is 27.2 Å². The van der Waals surface area contributed by atoms with Crippen molar-refractivity contribution in [2.45, 2.75) is 0 Å². The molecule has 0 aliphatic carbocycles. The maximum Gasteiger partial charge on any atom is 0.338 e. The molecule has 0 aromatic heterocycles. The summed E-state index contributed by atoms with van der Waals surface area (Å²) in [6.07, 6.45) is 0. The number of carboxylic acid groups (broad SMARTS) is 1. The topological polar surface area (TPSA) is 72.6 Å². The van der Waals surface area contributed by atoms with Gasteiger partial charge in [0.1, 0.15) is 11.6 Å². The van der Waals surface area contributed by atoms with Crippen molar-refractivity contribution in [1.82, 2.24) is 0 Å². The van der Waals surface area contributed by atoms with Crippen LogP contribution >= 0.6 is 11.6 Å². The average molecular weight is 282 g/mol. The van der Waals surface area contributed by atoms with Crippen molar-refractivity contribution in [3.05, 3.63) is 52.8 Å². The summed E-state index contributed by atoms with van der Waals surface area (Å²) in [7, 11) is 0. The van der Waals surface area contributed by atoms with Crippen LogP contribution in [-0.4, -0.2) is 11.1 Å². The van der Waals surface area contributed by atoms with Crippen LogP contribution < -0.4 is 10.5 Å². The number of hydrogen-bond donors (Lipinski definition) is 2. The number of benzene rings is 2. The van der Waals surface area contributed by atoms with Gasteiger partial charge >= 0.3 is 5.97 Å². The minimum absolute atomic E-state index is 0.0266. The van der Waals surface area contributed by atoms with E-state index in [1.807, 2.05) is 0 Å². The second-order valence-corrected chi connectivity index (χ2v) is 4.17. The van der Waals surface area contributed by atoms with Crippen molar-refractivity contribution in [3.63, 3.8) is 0 Å². The molecule has 6 heteroatoms. The Balaban J connectivity index is 2.36. The maximum absolute atomic E-state index is 13.5. The third-order valence-corrected chi connectivity index (χ3v) is 2.59. The quantitative estimate of drug-likeness (QED) is 0.844. The van der Waals surface area contributed by atoms with Crippen LogP contribution in [0.25, 0.3) is 0 Å². The maximum atomic E-state index is 13.5. The molecule has 0 aliphatic rings. The lowest BCUT2D eigenvalue weighted by Crippen LogP contribution is -2.03. The van der Waals surface area contributed by atoms with Gasteiger partial charge in [0.25, 0.3) is 0 Å². The summed E-state index contributed by atoms with van der Waals surface area (Å²) in [5, 5.41) is 9.21. The van der Waals surface area contributed by atoms with E-state index in [1.165, 1.54) is 6.07 Å². The number of nitrogens with two attached hydrogens (primary N) is 1. The molecule has 98 valence electrons. The van der Waals surface area contributed by atoms with Crippen molar-refractivity contribution in [3.8, 4) is 11.5 Å². The zero-order valence-electron chi connectivity index (χ0n) is 9.56. The number of aromatic carboxylic acids is 1. The van der Waals surface area contributed by atoms with Crippen LogP contribution in [0.1, 0.15) is 10.4 Å². The van der Waals surface area contributed by atoms with Gasteiger partial charge in [-0.3, -0.25) is 0 Å². The van der Waals surface area contributed by atoms with Gasteiger partial charge in [0.2, 0.25) is 0 Å². The highest BCUT2D eigenvalue weighted by atomic mass is 35.5. The summed E-state index contributed by atoms with van der Waals surface area (Å²) in [5.41, 5.74) is 5.15. The highest BCUT2D eigenvalue weighted by Gasteiger charge is 2.15. The normalized spacial score (nSPS) is 10.2. The van der Waals surface area contributed by atoms with Gasteiger partial charge < -0.3 is 15.6 Å². The van der Waals surface area contributed by atoms with Gasteiger partial charge in [0.05, 0.1) is 11.3 Å². The molecule has 4 nitrogen and oxygen atoms in total. The number of halogens is 2. The highest BCUT2D eigenvalue weighted by molar-refractivity contribution is 6.30. The van der Waals surface area contributed by atoms with Crippen molar-refractivity contribution >= 4 is 23.3 Å². The lowest BCUT2D eigenvalue weighted by atomic mass is 10.1. The third kappa shape index (κ3) is 2.95. The van der Waals surface area contributed by atoms with Crippen molar-refractivity contribution in [2.24, 2.45) is 0 Å². The first-order chi connectivity index (χ1) is 8.97. The third-order valence-electron chi connectivity index (χ3n) is 2.35. The van der Waals surface area contributed by atoms with Crippen molar-refractivity contribution in [1.29, 1.82) is 0 Å². The molecule has 0 aliphatic heterocycles. The van der Waals surface area contributed by atoms with Gasteiger partial charge in [-0.15, -0.1) is 0 Å². The van der Waals surface area contributed by atoms with E-state index in [9.17, 15) is 9.18 Å². The van der Waals surface area contributed by atoms with Crippen LogP contribution in [0, 0.1) is 5.82 Å². The molecule has 0 unspecified atom stereocenters. The number of ether oxygens (including phenoxy) is 1. The first kappa shape index (κ1) is 13.2. The first-order valence-corrected chi connectivity index (χ1v) is 5.61. The fraction of sp³-hybridized carbons (Fsp3) is 0. The van der Waals surface area contributed by atoms with Crippen LogP contribution in [-0.2, 0) is 0 Å². The number of hydrogen-bond acceptors (Lipinski definition) is 3. The molecule has 0 bridgehead atoms. The number of nitrogen functional groups attached to an aromatic ring is 1. The Hall–Kier alpha value is -2.27. The molecule has 2 aromatic carbocycles. The molecule has 0 spiro atoms. The minimum Gasteiger partial charge on any atom is -0.478 e. The average Bonchev–Trinajstić information content (AvgIpc) is 2.33. The zero-order chi connectivity index (χ0) is 14.0. The largest absolute Gasteiger partial charge is 0.478 e. The van der Waals surface area contributed by atoms with Crippen molar-refractivity contribution < 1.29 is 19.0 Å². The van der Waals surface area contributed by atoms with Gasteiger partial charge in [-0.25, -0.2) is 9.18 Å². The molecular formula is C13H9ClFNO3. The second-order valence-electron chi connectivity index (χ2n) is 3.73. The molecule has 0 saturated carbocycles. The standard InChI is InChI=1S/C13H9ClFNO3/c14-7-2-1-3-8(4-7)19-12-6-10(15)9(13(17)18)5-11(12)16/h1-6H,16H2,(H,17,18). The Morgan fingerprint density at radius 3 is 2.68 bits per heavy atom. The summed E-state index contributed by atoms with van der Waals surface area (Å²) in [6.45, 7) is 0. The SMILES string of the molecule is Nc1cc(C(=O)O)c(F)cc1Oc1cccc(Cl)c1. The molecule has 0 fully saturated rings. The Kier molecular flexibility index (Phi) is 3.57. The van der Waals surface area contributed by atoms with E-state index in [0.29, 0.717) is 10.8 Å². The predicted molar refractivity (Wildman–Crippen MR) is 69.3 cm³/mol. The van der Waals surface area contributed by atoms with Crippen LogP contribution in [0.2, 0.25) is 5.02 Å². The smallest absolute Gasteiger partial charge is 0.338 e. The van der Waals surface area contributed by atoms with Crippen LogP contribution in [0.4, 0.5) is 10.1 Å². The summed E-state index contributed by atoms with van der Waals surface area (Å²) >= 11 is 5.79. The van der Waals surface area contributed by atoms with Crippen molar-refractivity contribution in [2.75, 3.05) is 5.73 Å². The number of rotatable bonds is 3. The van der Waals surface area contributed by atoms with E-state index in [-0.39, 0.29) is 11.4 Å². The molecule has 2 aromatic rings. The molecule has 0 saturated heterocycles. The monoisotopic (exact) mass is 281 g/mol. The van der Waals surface area contributed by atoms with Crippen LogP contribution in [0.5, 0.6) is 11.5 Å². The van der Waals surface area contributed by atoms with Crippen LogP contribution in [0.3, 0.4) is 0 Å². The summed E-state index contributed by atoms with van der Waals surface area (Å²) < 4.78 is 18.9. The van der Waals surface area contributed by atoms with Crippen LogP contribution in [0.15, 0.2) is 36.4 Å². The van der Waals surface area contributed by atoms with E-state index < -0.39 is 17.3 Å². The first-order valence-electron chi connectivity index (χ1n) is 5.23. The summed E-state index contributed by atoms with van der Waals surface area (Å²) in [5.74, 6) is -1.90. The molecule has 19 heavy (non-hydrogen) atoms. The van der Waals surface area contributed by atoms with E-state index >= 15 is 0 Å². The highest BCUT2D eigenvalue weighted by Crippen LogP contribution is 2.31. The van der Waals surface area contributed by atoms with Gasteiger partial charge in [-0.2, -0.15) is 0 Å². The zero-order valence-corrected chi connectivity index (χ0v) is 10.3. The fourth-order valence-corrected chi connectivity index (χ4v) is 1.66. The predicted octanol–water partition coefficient (Wildman–Crippen LogP) is 3.55. The molecule has 0 atom stereocenters.